The van der Waals surface area contributed by atoms with E-state index in [-0.39, 0.29) is 36.7 Å². The molecule has 0 aromatic heterocycles. The fraction of sp³-hybridized carbons (Fsp3) is 0.345. The van der Waals surface area contributed by atoms with Gasteiger partial charge in [0.25, 0.3) is 10.1 Å². The number of aryl methyl sites for hydroxylation is 1. The van der Waals surface area contributed by atoms with Gasteiger partial charge >= 0.3 is 0 Å². The first-order valence-corrected chi connectivity index (χ1v) is 13.6. The van der Waals surface area contributed by atoms with Gasteiger partial charge in [0.05, 0.1) is 25.2 Å². The highest BCUT2D eigenvalue weighted by atomic mass is 32.2. The molecule has 9 heteroatoms. The number of aliphatic hydroxyl groups excluding tert-OH is 2. The molecule has 1 aliphatic rings. The van der Waals surface area contributed by atoms with E-state index >= 15 is 0 Å². The van der Waals surface area contributed by atoms with Crippen LogP contribution in [0.25, 0.3) is 0 Å². The van der Waals surface area contributed by atoms with Crippen LogP contribution in [0, 0.1) is 6.92 Å². The van der Waals surface area contributed by atoms with Crippen LogP contribution >= 0.6 is 0 Å². The zero-order valence-corrected chi connectivity index (χ0v) is 22.7. The van der Waals surface area contributed by atoms with Crippen molar-refractivity contribution in [2.45, 2.75) is 63.4 Å². The second kappa shape index (κ2) is 10.9. The Labute approximate surface area is 222 Å². The van der Waals surface area contributed by atoms with Crippen molar-refractivity contribution >= 4 is 15.9 Å². The number of ether oxygens (including phenoxy) is 2. The van der Waals surface area contributed by atoms with Gasteiger partial charge in [-0.3, -0.25) is 8.98 Å². The molecule has 202 valence electrons. The number of methoxy groups -OCH3 is 1. The molecule has 8 nitrogen and oxygen atoms in total. The predicted molar refractivity (Wildman–Crippen MR) is 141 cm³/mol. The number of benzene rings is 3. The average Bonchev–Trinajstić information content (AvgIpc) is 2.87. The van der Waals surface area contributed by atoms with Crippen LogP contribution < -0.4 is 9.47 Å². The van der Waals surface area contributed by atoms with Crippen LogP contribution in [-0.2, 0) is 33.9 Å². The Kier molecular flexibility index (Phi) is 7.94. The fourth-order valence-electron chi connectivity index (χ4n) is 4.62. The number of carbonyl (C=O) groups is 1. The maximum absolute atomic E-state index is 13.3. The molecule has 0 saturated carbocycles. The van der Waals surface area contributed by atoms with E-state index < -0.39 is 21.8 Å². The second-order valence-corrected chi connectivity index (χ2v) is 11.6. The third kappa shape index (κ3) is 5.91. The highest BCUT2D eigenvalue weighted by Crippen LogP contribution is 2.43. The molecule has 38 heavy (non-hydrogen) atoms. The molecule has 0 fully saturated rings. The van der Waals surface area contributed by atoms with Crippen LogP contribution in [0.15, 0.2) is 59.5 Å². The lowest BCUT2D eigenvalue weighted by atomic mass is 9.89. The van der Waals surface area contributed by atoms with E-state index in [0.717, 1.165) is 5.56 Å². The molecule has 1 aliphatic heterocycles. The standard InChI is InChI=1S/C29H32O8S/c1-18-5-8-22(9-6-18)38(33,34)37-28-15-29(2,3)36-26-10-7-20(14-23(26)28)25(32)12-19-11-21(16-30)24(17-31)27(13-19)35-4/h5-11,13-14,28,30-31H,12,15-17H2,1-4H3. The SMILES string of the molecule is COc1cc(CC(=O)c2ccc3c(c2)C(OS(=O)(=O)c2ccc(C)cc2)CC(C)(C)O3)cc(CO)c1CO. The molecule has 1 heterocycles. The van der Waals surface area contributed by atoms with Crippen LogP contribution in [0.5, 0.6) is 11.5 Å². The van der Waals surface area contributed by atoms with Crippen molar-refractivity contribution in [3.63, 3.8) is 0 Å². The maximum atomic E-state index is 13.3. The summed E-state index contributed by atoms with van der Waals surface area (Å²) in [4.78, 5) is 13.3. The summed E-state index contributed by atoms with van der Waals surface area (Å²) < 4.78 is 43.3. The number of hydrogen-bond donors (Lipinski definition) is 2. The van der Waals surface area contributed by atoms with Gasteiger partial charge in [-0.15, -0.1) is 0 Å². The van der Waals surface area contributed by atoms with Crippen molar-refractivity contribution in [3.8, 4) is 11.5 Å². The topological polar surface area (TPSA) is 119 Å². The van der Waals surface area contributed by atoms with E-state index in [1.54, 1.807) is 42.5 Å². The van der Waals surface area contributed by atoms with Crippen LogP contribution in [0.1, 0.15) is 64.5 Å². The monoisotopic (exact) mass is 540 g/mol. The number of fused-ring (bicyclic) bond motifs is 1. The molecule has 4 rings (SSSR count). The average molecular weight is 541 g/mol. The molecular formula is C29H32O8S. The first kappa shape index (κ1) is 27.8. The Balaban J connectivity index is 1.65. The lowest BCUT2D eigenvalue weighted by Crippen LogP contribution is -2.36. The maximum Gasteiger partial charge on any atom is 0.297 e. The summed E-state index contributed by atoms with van der Waals surface area (Å²) in [5.74, 6) is 0.622. The van der Waals surface area contributed by atoms with Crippen molar-refractivity contribution in [1.29, 1.82) is 0 Å². The number of hydrogen-bond acceptors (Lipinski definition) is 8. The molecule has 0 bridgehead atoms. The van der Waals surface area contributed by atoms with Gasteiger partial charge in [0.1, 0.15) is 23.2 Å². The van der Waals surface area contributed by atoms with Crippen molar-refractivity contribution < 1.29 is 37.1 Å². The number of Topliss-reactive ketones (excluding diaryl/α,β-unsaturated/α-hetero) is 1. The summed E-state index contributed by atoms with van der Waals surface area (Å²) in [5, 5.41) is 19.3. The fourth-order valence-corrected chi connectivity index (χ4v) is 5.68. The van der Waals surface area contributed by atoms with Gasteiger partial charge in [0.15, 0.2) is 5.78 Å². The first-order valence-electron chi connectivity index (χ1n) is 12.2. The Morgan fingerprint density at radius 2 is 1.76 bits per heavy atom. The molecule has 2 N–H and O–H groups in total. The third-order valence-corrected chi connectivity index (χ3v) is 7.90. The first-order chi connectivity index (χ1) is 18.0. The molecule has 3 aromatic carbocycles. The van der Waals surface area contributed by atoms with Gasteiger partial charge in [0.2, 0.25) is 0 Å². The van der Waals surface area contributed by atoms with Crippen molar-refractivity contribution in [3.05, 3.63) is 88.0 Å². The van der Waals surface area contributed by atoms with Crippen LogP contribution in [0.2, 0.25) is 0 Å². The van der Waals surface area contributed by atoms with Gasteiger partial charge < -0.3 is 19.7 Å². The molecule has 3 aromatic rings. The summed E-state index contributed by atoms with van der Waals surface area (Å²) in [6, 6.07) is 14.7. The number of carbonyl (C=O) groups excluding carboxylic acids is 1. The van der Waals surface area contributed by atoms with Crippen LogP contribution in [0.4, 0.5) is 0 Å². The Bertz CT molecular complexity index is 1420. The number of ketones is 1. The minimum Gasteiger partial charge on any atom is -0.496 e. The van der Waals surface area contributed by atoms with E-state index in [4.69, 9.17) is 13.7 Å². The number of aliphatic hydroxyl groups is 2. The van der Waals surface area contributed by atoms with Crippen molar-refractivity contribution in [2.24, 2.45) is 0 Å². The van der Waals surface area contributed by atoms with E-state index in [9.17, 15) is 23.4 Å². The molecule has 0 saturated heterocycles. The van der Waals surface area contributed by atoms with Gasteiger partial charge in [-0.2, -0.15) is 8.42 Å². The Morgan fingerprint density at radius 1 is 1.05 bits per heavy atom. The minimum absolute atomic E-state index is 0.00734. The van der Waals surface area contributed by atoms with E-state index in [0.29, 0.717) is 39.3 Å². The molecule has 0 amide bonds. The van der Waals surface area contributed by atoms with Crippen molar-refractivity contribution in [2.75, 3.05) is 7.11 Å². The molecule has 0 radical (unpaired) electrons. The zero-order valence-electron chi connectivity index (χ0n) is 21.9. The summed E-state index contributed by atoms with van der Waals surface area (Å²) in [6.07, 6.45) is -0.576. The van der Waals surface area contributed by atoms with Gasteiger partial charge in [0, 0.05) is 29.5 Å². The van der Waals surface area contributed by atoms with Gasteiger partial charge in [-0.25, -0.2) is 0 Å². The second-order valence-electron chi connectivity index (χ2n) is 10.0. The Hall–Kier alpha value is -3.24. The molecular weight excluding hydrogens is 508 g/mol. The largest absolute Gasteiger partial charge is 0.496 e. The van der Waals surface area contributed by atoms with E-state index in [1.165, 1.54) is 19.2 Å². The zero-order chi connectivity index (χ0) is 27.7. The van der Waals surface area contributed by atoms with Crippen LogP contribution in [-0.4, -0.2) is 37.1 Å². The lowest BCUT2D eigenvalue weighted by Gasteiger charge is -2.37. The van der Waals surface area contributed by atoms with Gasteiger partial charge in [-0.05, 0) is 68.3 Å². The highest BCUT2D eigenvalue weighted by molar-refractivity contribution is 7.86. The summed E-state index contributed by atoms with van der Waals surface area (Å²) in [6.45, 7) is 4.96. The molecule has 1 unspecified atom stereocenters. The van der Waals surface area contributed by atoms with E-state index in [2.05, 4.69) is 0 Å². The number of rotatable bonds is 9. The lowest BCUT2D eigenvalue weighted by molar-refractivity contribution is 0.0245. The van der Waals surface area contributed by atoms with Crippen LogP contribution in [0.3, 0.4) is 0 Å². The normalized spacial score (nSPS) is 16.4. The molecule has 0 aliphatic carbocycles. The predicted octanol–water partition coefficient (Wildman–Crippen LogP) is 4.42. The molecule has 1 atom stereocenters. The van der Waals surface area contributed by atoms with Gasteiger partial charge in [-0.1, -0.05) is 23.8 Å². The molecule has 0 spiro atoms. The Morgan fingerprint density at radius 3 is 2.39 bits per heavy atom. The third-order valence-electron chi connectivity index (χ3n) is 6.57. The minimum atomic E-state index is -4.07. The highest BCUT2D eigenvalue weighted by Gasteiger charge is 2.37. The smallest absolute Gasteiger partial charge is 0.297 e. The van der Waals surface area contributed by atoms with E-state index in [1.807, 2.05) is 20.8 Å². The summed E-state index contributed by atoms with van der Waals surface area (Å²) in [7, 11) is -2.62. The summed E-state index contributed by atoms with van der Waals surface area (Å²) >= 11 is 0. The van der Waals surface area contributed by atoms with Crippen molar-refractivity contribution in [1.82, 2.24) is 0 Å². The quantitative estimate of drug-likeness (QED) is 0.302. The summed E-state index contributed by atoms with van der Waals surface area (Å²) in [5.41, 5.74) is 2.65.